The van der Waals surface area contributed by atoms with Gasteiger partial charge in [-0.05, 0) is 136 Å². The van der Waals surface area contributed by atoms with Crippen molar-refractivity contribution >= 4 is 50.8 Å². The number of halogens is 3. The van der Waals surface area contributed by atoms with Crippen LogP contribution in [-0.4, -0.2) is 201 Å². The van der Waals surface area contributed by atoms with Gasteiger partial charge in [0.25, 0.3) is 0 Å². The fraction of sp³-hybridized carbons (Fsp3) is 0.679. The largest absolute Gasteiger partial charge is 0.501 e. The smallest absolute Gasteiger partial charge is 0.163 e. The van der Waals surface area contributed by atoms with Crippen molar-refractivity contribution in [1.29, 1.82) is 0 Å². The Labute approximate surface area is 589 Å². The van der Waals surface area contributed by atoms with Gasteiger partial charge in [0.1, 0.15) is 11.6 Å². The number of allylic oxidation sites excluding steroid dienone is 4. The van der Waals surface area contributed by atoms with Crippen molar-refractivity contribution in [2.24, 2.45) is 0 Å². The van der Waals surface area contributed by atoms with Crippen molar-refractivity contribution in [1.82, 2.24) is 29.4 Å². The summed E-state index contributed by atoms with van der Waals surface area (Å²) in [5.74, 6) is 6.30. The van der Waals surface area contributed by atoms with Crippen molar-refractivity contribution in [3.05, 3.63) is 118 Å². The molecule has 93 heavy (non-hydrogen) atoms. The van der Waals surface area contributed by atoms with Crippen LogP contribution >= 0.6 is 22.6 Å². The highest BCUT2D eigenvalue weighted by molar-refractivity contribution is 14.1. The molecule has 4 heterocycles. The van der Waals surface area contributed by atoms with Crippen molar-refractivity contribution in [3.63, 3.8) is 0 Å². The fourth-order valence-electron chi connectivity index (χ4n) is 12.0. The Balaban J connectivity index is 0. The van der Waals surface area contributed by atoms with Crippen LogP contribution in [0.1, 0.15) is 192 Å². The van der Waals surface area contributed by atoms with E-state index in [1.165, 1.54) is 176 Å². The van der Waals surface area contributed by atoms with E-state index in [-0.39, 0.29) is 28.5 Å². The van der Waals surface area contributed by atoms with E-state index < -0.39 is 0 Å². The number of rotatable bonds is 16. The van der Waals surface area contributed by atoms with Gasteiger partial charge in [-0.2, -0.15) is 0 Å². The van der Waals surface area contributed by atoms with Crippen LogP contribution in [0.5, 0.6) is 0 Å². The van der Waals surface area contributed by atoms with E-state index in [9.17, 15) is 8.78 Å². The van der Waals surface area contributed by atoms with E-state index in [4.69, 9.17) is 24.2 Å². The van der Waals surface area contributed by atoms with E-state index in [0.717, 1.165) is 107 Å². The normalized spacial score (nSPS) is 21.0. The molecule has 2 aromatic rings. The molecule has 15 heteroatoms. The third-order valence-corrected chi connectivity index (χ3v) is 18.3. The summed E-state index contributed by atoms with van der Waals surface area (Å²) in [6, 6.07) is 15.7. The zero-order valence-electron chi connectivity index (χ0n) is 61.4. The monoisotopic (exact) mass is 1400 g/mol. The molecule has 2 unspecified atom stereocenters. The molecule has 0 N–H and O–H groups in total. The highest BCUT2D eigenvalue weighted by Gasteiger charge is 2.29. The molecule has 4 aliphatic carbocycles. The molecule has 520 valence electrons. The average Bonchev–Trinajstić information content (AvgIpc) is 2.62. The topological polar surface area (TPSA) is 39.5 Å². The lowest BCUT2D eigenvalue weighted by atomic mass is 10.1. The van der Waals surface area contributed by atoms with Gasteiger partial charge in [-0.1, -0.05) is 187 Å². The SMILES string of the molecule is C#CC1=C[C@@H](N2CCN(C)CC2)CC1.C#CC1=C[C@H](N2CCN(C)CC2)CC1.CC.CC.CC.CC.CCCCCCC.CCCCCCCI.COC1=CC(N2CCN(c3ccc(F)cc3)CC2)CC1.[B].[B].[C-]#[N+]C1=CC(N2CCN(c3ccc(F)cc3)CC2)CC1. The molecule has 4 atom stereocenters. The number of terminal acetylenes is 2. The van der Waals surface area contributed by atoms with Crippen LogP contribution < -0.4 is 9.80 Å². The molecule has 0 spiro atoms. The van der Waals surface area contributed by atoms with E-state index >= 15 is 0 Å². The maximum Gasteiger partial charge on any atom is 0.163 e. The molecule has 4 fully saturated rings. The number of hydrogen-bond donors (Lipinski definition) is 0. The van der Waals surface area contributed by atoms with Crippen LogP contribution in [0.2, 0.25) is 0 Å². The van der Waals surface area contributed by atoms with E-state index in [0.29, 0.717) is 24.2 Å². The Hall–Kier alpha value is -4.11. The maximum atomic E-state index is 12.9. The van der Waals surface area contributed by atoms with E-state index in [1.807, 2.05) is 79.7 Å². The Bertz CT molecular complexity index is 2310. The van der Waals surface area contributed by atoms with Gasteiger partial charge in [0.2, 0.25) is 0 Å². The zero-order chi connectivity index (χ0) is 67.6. The molecule has 0 saturated carbocycles. The van der Waals surface area contributed by atoms with Crippen molar-refractivity contribution in [2.45, 2.75) is 216 Å². The predicted octanol–water partition coefficient (Wildman–Crippen LogP) is 17.2. The van der Waals surface area contributed by atoms with Gasteiger partial charge in [0, 0.05) is 164 Å². The summed E-state index contributed by atoms with van der Waals surface area (Å²) >= 11 is 2.44. The molecule has 10 rings (SSSR count). The summed E-state index contributed by atoms with van der Waals surface area (Å²) in [6.45, 7) is 47.4. The summed E-state index contributed by atoms with van der Waals surface area (Å²) in [5.41, 5.74) is 5.53. The fourth-order valence-corrected chi connectivity index (χ4v) is 12.6. The highest BCUT2D eigenvalue weighted by atomic mass is 127. The van der Waals surface area contributed by atoms with Gasteiger partial charge >= 0.3 is 0 Å². The van der Waals surface area contributed by atoms with Crippen LogP contribution in [-0.2, 0) is 4.74 Å². The third kappa shape index (κ3) is 36.7. The Morgan fingerprint density at radius 3 is 1.08 bits per heavy atom. The first kappa shape index (κ1) is 90.9. The van der Waals surface area contributed by atoms with Gasteiger partial charge in [-0.15, -0.1) is 12.8 Å². The second-order valence-electron chi connectivity index (χ2n) is 23.5. The number of alkyl halides is 1. The minimum atomic E-state index is -0.185. The molecule has 2 aromatic carbocycles. The van der Waals surface area contributed by atoms with E-state index in [1.54, 1.807) is 7.11 Å². The third-order valence-electron chi connectivity index (χ3n) is 17.5. The minimum Gasteiger partial charge on any atom is -0.501 e. The number of nitrogens with zero attached hydrogens (tertiary/aromatic N) is 9. The average molecular weight is 1400 g/mol. The molecular formula is C78H130B2F2IN9O. The van der Waals surface area contributed by atoms with Crippen LogP contribution in [0.3, 0.4) is 0 Å². The molecule has 4 saturated heterocycles. The van der Waals surface area contributed by atoms with Crippen molar-refractivity contribution < 1.29 is 13.5 Å². The van der Waals surface area contributed by atoms with Gasteiger partial charge in [-0.25, -0.2) is 13.6 Å². The molecular weight excluding hydrogens is 1270 g/mol. The van der Waals surface area contributed by atoms with Crippen LogP contribution in [0, 0.1) is 42.9 Å². The summed E-state index contributed by atoms with van der Waals surface area (Å²) in [7, 11) is 6.13. The predicted molar refractivity (Wildman–Crippen MR) is 413 cm³/mol. The number of hydrogen-bond acceptors (Lipinski definition) is 9. The molecule has 6 radical (unpaired) electrons. The zero-order valence-corrected chi connectivity index (χ0v) is 63.5. The summed E-state index contributed by atoms with van der Waals surface area (Å²) in [4.78, 5) is 23.0. The first-order chi connectivity index (χ1) is 44.4. The lowest BCUT2D eigenvalue weighted by molar-refractivity contribution is 0.129. The molecule has 10 nitrogen and oxygen atoms in total. The molecule has 0 aromatic heterocycles. The lowest BCUT2D eigenvalue weighted by Gasteiger charge is -2.38. The quantitative estimate of drug-likeness (QED) is 0.0408. The number of benzene rings is 2. The summed E-state index contributed by atoms with van der Waals surface area (Å²) in [6.07, 6.45) is 42.7. The summed E-state index contributed by atoms with van der Waals surface area (Å²) in [5, 5.41) is 0. The molecule has 8 aliphatic rings. The van der Waals surface area contributed by atoms with Gasteiger partial charge < -0.3 is 24.3 Å². The van der Waals surface area contributed by atoms with Crippen molar-refractivity contribution in [2.75, 3.05) is 140 Å². The van der Waals surface area contributed by atoms with Gasteiger partial charge in [-0.3, -0.25) is 19.6 Å². The minimum absolute atomic E-state index is 0. The number of methoxy groups -OCH3 is 1. The maximum absolute atomic E-state index is 12.9. The van der Waals surface area contributed by atoms with E-state index in [2.05, 4.69) is 138 Å². The van der Waals surface area contributed by atoms with Crippen LogP contribution in [0.15, 0.2) is 95.4 Å². The number of anilines is 2. The number of unbranched alkanes of at least 4 members (excludes halogenated alkanes) is 8. The number of piperazine rings is 4. The van der Waals surface area contributed by atoms with Crippen molar-refractivity contribution in [3.8, 4) is 24.7 Å². The Morgan fingerprint density at radius 2 is 0.774 bits per heavy atom. The molecule has 0 amide bonds. The first-order valence-corrected chi connectivity index (χ1v) is 37.5. The lowest BCUT2D eigenvalue weighted by Crippen LogP contribution is -2.49. The standard InChI is InChI=1S/C16H18FN3.C16H21FN2O.2C12H18N2.C7H15I.C7H16.4C2H6.2B/c1-18-14-4-7-16(12-14)20-10-8-19(9-11-20)15-5-2-13(17)3-6-15;1-20-16-7-6-15(12-16)19-10-8-18(9-11-19)14-4-2-13(17)3-5-14;2*1-3-11-4-5-12(10-11)14-8-6-13(2)7-9-14;1-2-3-4-5-6-7-8;1-3-5-7-6-4-2;4*1-2;;/h2-3,5-6,12,16H,4,7-11H2;2-5,12,15H,6-11H2,1H3;2*1,10,12H,4-9H2,2H3;2-7H2,1H3;3-7H2,1-2H3;4*1-2H3;;/t;;2*12-;;;;;;;;/m..10......../s1. The van der Waals surface area contributed by atoms with Gasteiger partial charge in [0.05, 0.1) is 19.4 Å². The second kappa shape index (κ2) is 58.1. The number of ether oxygens (including phenoxy) is 1. The molecule has 4 aliphatic heterocycles. The summed E-state index contributed by atoms with van der Waals surface area (Å²) < 4.78 is 32.5. The second-order valence-corrected chi connectivity index (χ2v) is 24.6. The molecule has 0 bridgehead atoms. The number of likely N-dealkylation sites (N-methyl/N-ethyl adjacent to an activating group) is 2. The van der Waals surface area contributed by atoms with Crippen LogP contribution in [0.4, 0.5) is 20.2 Å². The van der Waals surface area contributed by atoms with Crippen LogP contribution in [0.25, 0.3) is 4.85 Å². The van der Waals surface area contributed by atoms with Gasteiger partial charge in [0.15, 0.2) is 5.70 Å². The Kier molecular flexibility index (Phi) is 56.8. The highest BCUT2D eigenvalue weighted by Crippen LogP contribution is 2.29. The first-order valence-electron chi connectivity index (χ1n) is 36.0. The Morgan fingerprint density at radius 1 is 0.462 bits per heavy atom.